The number of hydrogen-bond acceptors (Lipinski definition) is 2. The second-order valence-corrected chi connectivity index (χ2v) is 3.59. The minimum atomic E-state index is 0.752. The van der Waals surface area contributed by atoms with E-state index in [-0.39, 0.29) is 0 Å². The Labute approximate surface area is 81.1 Å². The molecule has 0 bridgehead atoms. The van der Waals surface area contributed by atoms with Gasteiger partial charge in [-0.2, -0.15) is 5.10 Å². The van der Waals surface area contributed by atoms with Crippen LogP contribution in [0.1, 0.15) is 39.0 Å². The van der Waals surface area contributed by atoms with Crippen LogP contribution in [0.5, 0.6) is 0 Å². The van der Waals surface area contributed by atoms with Gasteiger partial charge in [0.15, 0.2) is 0 Å². The second-order valence-electron chi connectivity index (χ2n) is 3.59. The molecule has 0 heterocycles. The van der Waals surface area contributed by atoms with Gasteiger partial charge in [-0.25, -0.2) is 0 Å². The number of rotatable bonds is 5. The molecule has 13 heavy (non-hydrogen) atoms. The largest absolute Gasteiger partial charge is 0.306 e. The molecule has 2 nitrogen and oxygen atoms in total. The summed E-state index contributed by atoms with van der Waals surface area (Å²) in [6, 6.07) is 0. The van der Waals surface area contributed by atoms with Crippen molar-refractivity contribution in [3.8, 4) is 0 Å². The summed E-state index contributed by atoms with van der Waals surface area (Å²) in [4.78, 5) is 0. The summed E-state index contributed by atoms with van der Waals surface area (Å²) >= 11 is 0. The van der Waals surface area contributed by atoms with Crippen LogP contribution in [-0.2, 0) is 0 Å². The van der Waals surface area contributed by atoms with Crippen molar-refractivity contribution < 1.29 is 0 Å². The maximum absolute atomic E-state index is 4.41. The highest BCUT2D eigenvalue weighted by atomic mass is 15.3. The molecule has 1 aliphatic rings. The van der Waals surface area contributed by atoms with Crippen LogP contribution < -0.4 is 5.43 Å². The number of hydrogen-bond donors (Lipinski definition) is 1. The fraction of sp³-hybridized carbons (Fsp3) is 0.727. The van der Waals surface area contributed by atoms with E-state index in [4.69, 9.17) is 0 Å². The average molecular weight is 180 g/mol. The first-order chi connectivity index (χ1) is 6.38. The third-order valence-electron chi connectivity index (χ3n) is 2.65. The molecule has 1 N–H and O–H groups in total. The van der Waals surface area contributed by atoms with Crippen LogP contribution in [0.25, 0.3) is 0 Å². The summed E-state index contributed by atoms with van der Waals surface area (Å²) < 4.78 is 0. The van der Waals surface area contributed by atoms with Crippen molar-refractivity contribution >= 4 is 5.71 Å². The van der Waals surface area contributed by atoms with Gasteiger partial charge in [-0.3, -0.25) is 0 Å². The van der Waals surface area contributed by atoms with Crippen molar-refractivity contribution in [1.29, 1.82) is 0 Å². The molecule has 0 radical (unpaired) electrons. The summed E-state index contributed by atoms with van der Waals surface area (Å²) in [5, 5.41) is 4.41. The first-order valence-corrected chi connectivity index (χ1v) is 5.28. The van der Waals surface area contributed by atoms with Crippen LogP contribution in [0.4, 0.5) is 0 Å². The van der Waals surface area contributed by atoms with E-state index in [1.54, 1.807) is 0 Å². The highest BCUT2D eigenvalue weighted by Crippen LogP contribution is 2.26. The Bertz CT molecular complexity index is 179. The van der Waals surface area contributed by atoms with E-state index < -0.39 is 0 Å². The van der Waals surface area contributed by atoms with Gasteiger partial charge >= 0.3 is 0 Å². The van der Waals surface area contributed by atoms with Crippen molar-refractivity contribution in [2.45, 2.75) is 39.0 Å². The molecule has 0 amide bonds. The molecule has 0 atom stereocenters. The molecule has 0 aromatic rings. The SMILES string of the molecule is C=CCN/N=C(\CC)C1CCCC1. The summed E-state index contributed by atoms with van der Waals surface area (Å²) in [5.74, 6) is 0.752. The quantitative estimate of drug-likeness (QED) is 0.299. The Morgan fingerprint density at radius 3 is 2.77 bits per heavy atom. The minimum absolute atomic E-state index is 0.752. The van der Waals surface area contributed by atoms with E-state index in [0.717, 1.165) is 18.9 Å². The fourth-order valence-corrected chi connectivity index (χ4v) is 1.93. The predicted molar refractivity (Wildman–Crippen MR) is 57.9 cm³/mol. The van der Waals surface area contributed by atoms with Gasteiger partial charge in [0.05, 0.1) is 6.54 Å². The lowest BCUT2D eigenvalue weighted by Crippen LogP contribution is -2.16. The molecule has 2 heteroatoms. The Balaban J connectivity index is 2.39. The third-order valence-corrected chi connectivity index (χ3v) is 2.65. The van der Waals surface area contributed by atoms with Crippen LogP contribution in [0, 0.1) is 5.92 Å². The molecular formula is C11H20N2. The first kappa shape index (κ1) is 10.3. The average Bonchev–Trinajstić information content (AvgIpc) is 2.65. The molecule has 74 valence electrons. The van der Waals surface area contributed by atoms with E-state index in [0.29, 0.717) is 0 Å². The molecular weight excluding hydrogens is 160 g/mol. The molecule has 1 rings (SSSR count). The van der Waals surface area contributed by atoms with Crippen molar-refractivity contribution in [2.24, 2.45) is 11.0 Å². The monoisotopic (exact) mass is 180 g/mol. The maximum atomic E-state index is 4.41. The van der Waals surface area contributed by atoms with Crippen LogP contribution in [-0.4, -0.2) is 12.3 Å². The van der Waals surface area contributed by atoms with Crippen molar-refractivity contribution in [3.05, 3.63) is 12.7 Å². The van der Waals surface area contributed by atoms with Gasteiger partial charge in [0.2, 0.25) is 0 Å². The van der Waals surface area contributed by atoms with Gasteiger partial charge in [-0.15, -0.1) is 6.58 Å². The zero-order valence-corrected chi connectivity index (χ0v) is 8.55. The summed E-state index contributed by atoms with van der Waals surface area (Å²) in [6.45, 7) is 6.61. The first-order valence-electron chi connectivity index (χ1n) is 5.28. The van der Waals surface area contributed by atoms with Gasteiger partial charge in [0.25, 0.3) is 0 Å². The van der Waals surface area contributed by atoms with E-state index in [1.807, 2.05) is 6.08 Å². The van der Waals surface area contributed by atoms with Crippen LogP contribution >= 0.6 is 0 Å². The van der Waals surface area contributed by atoms with Crippen LogP contribution in [0.3, 0.4) is 0 Å². The molecule has 0 spiro atoms. The van der Waals surface area contributed by atoms with Gasteiger partial charge in [0.1, 0.15) is 0 Å². The topological polar surface area (TPSA) is 24.4 Å². The van der Waals surface area contributed by atoms with Crippen LogP contribution in [0.15, 0.2) is 17.8 Å². The fourth-order valence-electron chi connectivity index (χ4n) is 1.93. The standard InChI is InChI=1S/C11H20N2/c1-3-9-12-13-11(4-2)10-7-5-6-8-10/h3,10,12H,1,4-9H2,2H3/b13-11+. The zero-order valence-electron chi connectivity index (χ0n) is 8.55. The normalized spacial score (nSPS) is 19.0. The second kappa shape index (κ2) is 5.79. The van der Waals surface area contributed by atoms with Gasteiger partial charge < -0.3 is 5.43 Å². The van der Waals surface area contributed by atoms with Crippen molar-refractivity contribution in [1.82, 2.24) is 5.43 Å². The Hall–Kier alpha value is -0.790. The lowest BCUT2D eigenvalue weighted by Gasteiger charge is -2.10. The van der Waals surface area contributed by atoms with E-state index in [1.165, 1.54) is 31.4 Å². The van der Waals surface area contributed by atoms with Gasteiger partial charge in [0, 0.05) is 5.71 Å². The Morgan fingerprint density at radius 2 is 2.23 bits per heavy atom. The molecule has 0 aromatic heterocycles. The lowest BCUT2D eigenvalue weighted by molar-refractivity contribution is 0.692. The maximum Gasteiger partial charge on any atom is 0.0507 e. The highest BCUT2D eigenvalue weighted by Gasteiger charge is 2.19. The molecule has 0 saturated heterocycles. The Morgan fingerprint density at radius 1 is 1.54 bits per heavy atom. The van der Waals surface area contributed by atoms with E-state index in [9.17, 15) is 0 Å². The molecule has 0 aliphatic heterocycles. The van der Waals surface area contributed by atoms with Gasteiger partial charge in [-0.1, -0.05) is 25.8 Å². The predicted octanol–water partition coefficient (Wildman–Crippen LogP) is 2.72. The molecule has 1 fully saturated rings. The summed E-state index contributed by atoms with van der Waals surface area (Å²) in [7, 11) is 0. The molecule has 1 saturated carbocycles. The van der Waals surface area contributed by atoms with Crippen molar-refractivity contribution in [2.75, 3.05) is 6.54 Å². The van der Waals surface area contributed by atoms with E-state index in [2.05, 4.69) is 24.0 Å². The van der Waals surface area contributed by atoms with Gasteiger partial charge in [-0.05, 0) is 25.2 Å². The zero-order chi connectivity index (χ0) is 9.52. The summed E-state index contributed by atoms with van der Waals surface area (Å²) in [6.07, 6.45) is 8.35. The lowest BCUT2D eigenvalue weighted by atomic mass is 10.0. The number of nitrogens with zero attached hydrogens (tertiary/aromatic N) is 1. The number of hydrazone groups is 1. The third kappa shape index (κ3) is 3.21. The highest BCUT2D eigenvalue weighted by molar-refractivity contribution is 5.86. The smallest absolute Gasteiger partial charge is 0.0507 e. The molecule has 1 aliphatic carbocycles. The summed E-state index contributed by atoms with van der Waals surface area (Å²) in [5.41, 5.74) is 4.38. The molecule has 0 unspecified atom stereocenters. The van der Waals surface area contributed by atoms with Crippen molar-refractivity contribution in [3.63, 3.8) is 0 Å². The molecule has 0 aromatic carbocycles. The minimum Gasteiger partial charge on any atom is -0.306 e. The van der Waals surface area contributed by atoms with E-state index >= 15 is 0 Å². The van der Waals surface area contributed by atoms with Crippen LogP contribution in [0.2, 0.25) is 0 Å². The number of nitrogens with one attached hydrogen (secondary N) is 1. The Kier molecular flexibility index (Phi) is 4.58.